The Labute approximate surface area is 157 Å². The molecule has 0 radical (unpaired) electrons. The van der Waals surface area contributed by atoms with Crippen LogP contribution in [0.2, 0.25) is 0 Å². The lowest BCUT2D eigenvalue weighted by Crippen LogP contribution is -2.33. The molecule has 8 heteroatoms. The van der Waals surface area contributed by atoms with E-state index in [4.69, 9.17) is 18.9 Å². The Hall–Kier alpha value is -3.00. The number of rotatable bonds is 8. The number of carbonyl (C=O) groups is 1. The fourth-order valence-electron chi connectivity index (χ4n) is 2.56. The standard InChI is InChI=1S/C19H23FN2O5/c1-24-15-9-14(10-16(25-2)18(15)27-4)22-19(23)21-11-17(26-3)12-6-5-7-13(20)8-12/h5-10,17H,11H2,1-4H3,(H2,21,22,23). The molecule has 146 valence electrons. The van der Waals surface area contributed by atoms with Crippen LogP contribution in [0.3, 0.4) is 0 Å². The van der Waals surface area contributed by atoms with E-state index < -0.39 is 12.1 Å². The molecule has 1 atom stereocenters. The van der Waals surface area contributed by atoms with Gasteiger partial charge in [-0.15, -0.1) is 0 Å². The quantitative estimate of drug-likeness (QED) is 0.737. The number of nitrogens with one attached hydrogen (secondary N) is 2. The molecular weight excluding hydrogens is 355 g/mol. The summed E-state index contributed by atoms with van der Waals surface area (Å²) in [6.07, 6.45) is -0.480. The van der Waals surface area contributed by atoms with Gasteiger partial charge < -0.3 is 29.6 Å². The van der Waals surface area contributed by atoms with Crippen LogP contribution in [0.1, 0.15) is 11.7 Å². The highest BCUT2D eigenvalue weighted by molar-refractivity contribution is 5.90. The second kappa shape index (κ2) is 9.63. The van der Waals surface area contributed by atoms with Crippen molar-refractivity contribution in [2.75, 3.05) is 40.3 Å². The second-order valence-electron chi connectivity index (χ2n) is 5.53. The smallest absolute Gasteiger partial charge is 0.319 e. The molecule has 2 aromatic carbocycles. The van der Waals surface area contributed by atoms with E-state index in [1.165, 1.54) is 40.6 Å². The molecule has 7 nitrogen and oxygen atoms in total. The lowest BCUT2D eigenvalue weighted by atomic mass is 10.1. The SMILES string of the molecule is COc1cc(NC(=O)NCC(OC)c2cccc(F)c2)cc(OC)c1OC. The van der Waals surface area contributed by atoms with E-state index in [0.29, 0.717) is 28.5 Å². The normalized spacial score (nSPS) is 11.4. The van der Waals surface area contributed by atoms with Gasteiger partial charge in [-0.2, -0.15) is 0 Å². The first-order valence-electron chi connectivity index (χ1n) is 8.15. The number of hydrogen-bond acceptors (Lipinski definition) is 5. The van der Waals surface area contributed by atoms with Gasteiger partial charge in [-0.25, -0.2) is 9.18 Å². The molecule has 2 aromatic rings. The highest BCUT2D eigenvalue weighted by atomic mass is 19.1. The molecule has 0 bridgehead atoms. The van der Waals surface area contributed by atoms with Crippen LogP contribution in [0.4, 0.5) is 14.9 Å². The number of halogens is 1. The minimum atomic E-state index is -0.480. The molecule has 1 unspecified atom stereocenters. The molecule has 0 saturated carbocycles. The van der Waals surface area contributed by atoms with Crippen molar-refractivity contribution in [3.05, 3.63) is 47.8 Å². The third kappa shape index (κ3) is 5.24. The maximum absolute atomic E-state index is 13.4. The van der Waals surface area contributed by atoms with Gasteiger partial charge in [0.25, 0.3) is 0 Å². The number of carbonyl (C=O) groups excluding carboxylic acids is 1. The summed E-state index contributed by atoms with van der Waals surface area (Å²) in [5, 5.41) is 5.38. The van der Waals surface area contributed by atoms with Crippen molar-refractivity contribution < 1.29 is 28.1 Å². The van der Waals surface area contributed by atoms with E-state index in [9.17, 15) is 9.18 Å². The molecule has 0 aliphatic heterocycles. The van der Waals surface area contributed by atoms with Gasteiger partial charge in [-0.05, 0) is 17.7 Å². The fraction of sp³-hybridized carbons (Fsp3) is 0.316. The summed E-state index contributed by atoms with van der Waals surface area (Å²) >= 11 is 0. The zero-order valence-electron chi connectivity index (χ0n) is 15.7. The Balaban J connectivity index is 2.04. The van der Waals surface area contributed by atoms with E-state index in [2.05, 4.69) is 10.6 Å². The molecule has 0 spiro atoms. The Bertz CT molecular complexity index is 759. The van der Waals surface area contributed by atoms with Crippen molar-refractivity contribution in [1.82, 2.24) is 5.32 Å². The summed E-state index contributed by atoms with van der Waals surface area (Å²) in [5.41, 5.74) is 1.09. The van der Waals surface area contributed by atoms with Gasteiger partial charge in [-0.1, -0.05) is 12.1 Å². The van der Waals surface area contributed by atoms with E-state index in [0.717, 1.165) is 0 Å². The van der Waals surface area contributed by atoms with Crippen molar-refractivity contribution in [1.29, 1.82) is 0 Å². The average Bonchev–Trinajstić information content (AvgIpc) is 2.67. The third-order valence-corrected chi connectivity index (χ3v) is 3.88. The fourth-order valence-corrected chi connectivity index (χ4v) is 2.56. The maximum atomic E-state index is 13.4. The molecule has 0 aromatic heterocycles. The van der Waals surface area contributed by atoms with Crippen LogP contribution in [-0.2, 0) is 4.74 Å². The van der Waals surface area contributed by atoms with Crippen LogP contribution in [0.15, 0.2) is 36.4 Å². The van der Waals surface area contributed by atoms with Gasteiger partial charge in [-0.3, -0.25) is 0 Å². The van der Waals surface area contributed by atoms with Gasteiger partial charge in [0.1, 0.15) is 5.82 Å². The Morgan fingerprint density at radius 3 is 2.22 bits per heavy atom. The van der Waals surface area contributed by atoms with Crippen LogP contribution < -0.4 is 24.8 Å². The van der Waals surface area contributed by atoms with Gasteiger partial charge in [0.2, 0.25) is 5.75 Å². The number of benzene rings is 2. The zero-order valence-corrected chi connectivity index (χ0v) is 15.7. The largest absolute Gasteiger partial charge is 0.493 e. The molecule has 0 aliphatic carbocycles. The molecular formula is C19H23FN2O5. The van der Waals surface area contributed by atoms with Crippen molar-refractivity contribution in [2.45, 2.75) is 6.10 Å². The summed E-state index contributed by atoms with van der Waals surface area (Å²) < 4.78 is 34.4. The van der Waals surface area contributed by atoms with Gasteiger partial charge >= 0.3 is 6.03 Å². The van der Waals surface area contributed by atoms with Gasteiger partial charge in [0.15, 0.2) is 11.5 Å². The monoisotopic (exact) mass is 378 g/mol. The molecule has 0 fully saturated rings. The van der Waals surface area contributed by atoms with Crippen molar-refractivity contribution in [3.63, 3.8) is 0 Å². The number of urea groups is 1. The lowest BCUT2D eigenvalue weighted by molar-refractivity contribution is 0.104. The molecule has 27 heavy (non-hydrogen) atoms. The number of anilines is 1. The Morgan fingerprint density at radius 1 is 1.04 bits per heavy atom. The number of hydrogen-bond donors (Lipinski definition) is 2. The predicted molar refractivity (Wildman–Crippen MR) is 99.3 cm³/mol. The predicted octanol–water partition coefficient (Wildman–Crippen LogP) is 3.36. The zero-order chi connectivity index (χ0) is 19.8. The Kier molecular flexibility index (Phi) is 7.25. The second-order valence-corrected chi connectivity index (χ2v) is 5.53. The average molecular weight is 378 g/mol. The third-order valence-electron chi connectivity index (χ3n) is 3.88. The number of ether oxygens (including phenoxy) is 4. The minimum Gasteiger partial charge on any atom is -0.493 e. The van der Waals surface area contributed by atoms with E-state index in [1.54, 1.807) is 24.3 Å². The van der Waals surface area contributed by atoms with Crippen molar-refractivity contribution in [3.8, 4) is 17.2 Å². The summed E-state index contributed by atoms with van der Waals surface area (Å²) in [4.78, 5) is 12.2. The molecule has 0 heterocycles. The maximum Gasteiger partial charge on any atom is 0.319 e. The van der Waals surface area contributed by atoms with Gasteiger partial charge in [0.05, 0.1) is 33.1 Å². The molecule has 0 aliphatic rings. The van der Waals surface area contributed by atoms with Crippen LogP contribution >= 0.6 is 0 Å². The summed E-state index contributed by atoms with van der Waals surface area (Å²) in [7, 11) is 5.97. The van der Waals surface area contributed by atoms with Gasteiger partial charge in [0, 0.05) is 25.8 Å². The molecule has 2 N–H and O–H groups in total. The van der Waals surface area contributed by atoms with Crippen LogP contribution in [-0.4, -0.2) is 41.0 Å². The van der Waals surface area contributed by atoms with E-state index >= 15 is 0 Å². The number of methoxy groups -OCH3 is 4. The van der Waals surface area contributed by atoms with E-state index in [-0.39, 0.29) is 12.4 Å². The summed E-state index contributed by atoms with van der Waals surface area (Å²) in [6.45, 7) is 0.163. The first-order chi connectivity index (χ1) is 13.0. The number of amides is 2. The summed E-state index contributed by atoms with van der Waals surface area (Å²) in [6, 6.07) is 8.81. The Morgan fingerprint density at radius 2 is 1.70 bits per heavy atom. The van der Waals surface area contributed by atoms with Crippen molar-refractivity contribution >= 4 is 11.7 Å². The summed E-state index contributed by atoms with van der Waals surface area (Å²) in [5.74, 6) is 0.899. The molecule has 2 rings (SSSR count). The highest BCUT2D eigenvalue weighted by Gasteiger charge is 2.16. The van der Waals surface area contributed by atoms with Crippen LogP contribution in [0, 0.1) is 5.82 Å². The topological polar surface area (TPSA) is 78.1 Å². The molecule has 2 amide bonds. The lowest BCUT2D eigenvalue weighted by Gasteiger charge is -2.18. The first-order valence-corrected chi connectivity index (χ1v) is 8.15. The molecule has 0 saturated heterocycles. The van der Waals surface area contributed by atoms with E-state index in [1.807, 2.05) is 0 Å². The minimum absolute atomic E-state index is 0.163. The van der Waals surface area contributed by atoms with Crippen LogP contribution in [0.25, 0.3) is 0 Å². The first kappa shape index (κ1) is 20.3. The highest BCUT2D eigenvalue weighted by Crippen LogP contribution is 2.39. The van der Waals surface area contributed by atoms with Crippen molar-refractivity contribution in [2.24, 2.45) is 0 Å². The van der Waals surface area contributed by atoms with Crippen LogP contribution in [0.5, 0.6) is 17.2 Å².